The van der Waals surface area contributed by atoms with Crippen LogP contribution in [0.2, 0.25) is 0 Å². The molecular formula is C9H18N2O. The molecule has 0 saturated carbocycles. The maximum atomic E-state index is 5.32. The summed E-state index contributed by atoms with van der Waals surface area (Å²) < 4.78 is 5.20. The van der Waals surface area contributed by atoms with E-state index in [0.29, 0.717) is 0 Å². The highest BCUT2D eigenvalue weighted by atomic mass is 16.5. The van der Waals surface area contributed by atoms with E-state index in [-0.39, 0.29) is 6.04 Å². The summed E-state index contributed by atoms with van der Waals surface area (Å²) in [5.74, 6) is 11.1. The third-order valence-corrected chi connectivity index (χ3v) is 1.58. The summed E-state index contributed by atoms with van der Waals surface area (Å²) in [7, 11) is 0. The molecule has 0 bridgehead atoms. The molecule has 0 fully saturated rings. The van der Waals surface area contributed by atoms with Gasteiger partial charge in [0.2, 0.25) is 0 Å². The van der Waals surface area contributed by atoms with Gasteiger partial charge in [-0.1, -0.05) is 0 Å². The van der Waals surface area contributed by atoms with Crippen molar-refractivity contribution in [1.29, 1.82) is 0 Å². The van der Waals surface area contributed by atoms with Crippen LogP contribution < -0.4 is 11.3 Å². The van der Waals surface area contributed by atoms with Gasteiger partial charge in [-0.05, 0) is 20.3 Å². The fourth-order valence-electron chi connectivity index (χ4n) is 0.840. The second kappa shape index (κ2) is 8.54. The Morgan fingerprint density at radius 3 is 2.83 bits per heavy atom. The summed E-state index contributed by atoms with van der Waals surface area (Å²) in [6.45, 7) is 5.32. The van der Waals surface area contributed by atoms with Gasteiger partial charge in [-0.3, -0.25) is 11.3 Å². The zero-order chi connectivity index (χ0) is 9.23. The van der Waals surface area contributed by atoms with Crippen molar-refractivity contribution >= 4 is 0 Å². The molecule has 0 aliphatic carbocycles. The van der Waals surface area contributed by atoms with E-state index < -0.39 is 0 Å². The molecule has 0 aliphatic rings. The first-order valence-electron chi connectivity index (χ1n) is 4.28. The lowest BCUT2D eigenvalue weighted by atomic mass is 10.1. The smallest absolute Gasteiger partial charge is 0.0481 e. The minimum atomic E-state index is 0.254. The normalized spacial score (nSPS) is 11.9. The van der Waals surface area contributed by atoms with E-state index in [1.807, 2.05) is 13.8 Å². The largest absolute Gasteiger partial charge is 0.382 e. The molecule has 0 aliphatic heterocycles. The molecule has 0 radical (unpaired) electrons. The highest BCUT2D eigenvalue weighted by Crippen LogP contribution is 1.95. The Morgan fingerprint density at radius 2 is 2.33 bits per heavy atom. The summed E-state index contributed by atoms with van der Waals surface area (Å²) in [5.41, 5.74) is 2.71. The second-order valence-corrected chi connectivity index (χ2v) is 2.48. The van der Waals surface area contributed by atoms with Crippen LogP contribution in [0.4, 0.5) is 0 Å². The van der Waals surface area contributed by atoms with Gasteiger partial charge in [0.05, 0.1) is 0 Å². The van der Waals surface area contributed by atoms with Crippen molar-refractivity contribution in [2.75, 3.05) is 13.2 Å². The second-order valence-electron chi connectivity index (χ2n) is 2.48. The van der Waals surface area contributed by atoms with Gasteiger partial charge in [-0.25, -0.2) is 0 Å². The third kappa shape index (κ3) is 6.17. The summed E-state index contributed by atoms with van der Waals surface area (Å²) >= 11 is 0. The van der Waals surface area contributed by atoms with E-state index in [0.717, 1.165) is 26.1 Å². The number of hydrazine groups is 1. The van der Waals surface area contributed by atoms with Crippen LogP contribution in [0.1, 0.15) is 26.7 Å². The maximum Gasteiger partial charge on any atom is 0.0481 e. The monoisotopic (exact) mass is 170 g/mol. The Hall–Kier alpha value is -0.560. The molecule has 0 heterocycles. The van der Waals surface area contributed by atoms with Gasteiger partial charge in [0, 0.05) is 25.7 Å². The molecule has 1 unspecified atom stereocenters. The van der Waals surface area contributed by atoms with E-state index in [1.54, 1.807) is 0 Å². The molecule has 0 spiro atoms. The van der Waals surface area contributed by atoms with Gasteiger partial charge in [0.15, 0.2) is 0 Å². The molecule has 1 atom stereocenters. The summed E-state index contributed by atoms with van der Waals surface area (Å²) in [6, 6.07) is 0.254. The average molecular weight is 170 g/mol. The predicted molar refractivity (Wildman–Crippen MR) is 50.3 cm³/mol. The summed E-state index contributed by atoms with van der Waals surface area (Å²) in [5, 5.41) is 0. The molecule has 0 aromatic carbocycles. The number of ether oxygens (including phenoxy) is 1. The predicted octanol–water partition coefficient (Wildman–Crippen LogP) is 0.658. The van der Waals surface area contributed by atoms with Gasteiger partial charge in [-0.2, -0.15) is 0 Å². The van der Waals surface area contributed by atoms with E-state index in [1.165, 1.54) is 0 Å². The Morgan fingerprint density at radius 1 is 1.58 bits per heavy atom. The number of hydrogen-bond donors (Lipinski definition) is 2. The Labute approximate surface area is 74.6 Å². The molecule has 3 N–H and O–H groups in total. The zero-order valence-corrected chi connectivity index (χ0v) is 7.89. The molecule has 3 heteroatoms. The van der Waals surface area contributed by atoms with E-state index in [4.69, 9.17) is 10.6 Å². The van der Waals surface area contributed by atoms with E-state index in [9.17, 15) is 0 Å². The van der Waals surface area contributed by atoms with Crippen molar-refractivity contribution in [2.45, 2.75) is 32.7 Å². The highest BCUT2D eigenvalue weighted by molar-refractivity contribution is 4.97. The summed E-state index contributed by atoms with van der Waals surface area (Å²) in [4.78, 5) is 0. The number of rotatable bonds is 6. The van der Waals surface area contributed by atoms with E-state index in [2.05, 4.69) is 17.3 Å². The van der Waals surface area contributed by atoms with Crippen LogP contribution in [0, 0.1) is 11.8 Å². The minimum Gasteiger partial charge on any atom is -0.382 e. The lowest BCUT2D eigenvalue weighted by Gasteiger charge is -2.11. The molecule has 12 heavy (non-hydrogen) atoms. The van der Waals surface area contributed by atoms with Gasteiger partial charge in [-0.15, -0.1) is 11.8 Å². The fourth-order valence-corrected chi connectivity index (χ4v) is 0.840. The van der Waals surface area contributed by atoms with Crippen LogP contribution in [0.25, 0.3) is 0 Å². The minimum absolute atomic E-state index is 0.254. The molecule has 0 amide bonds. The molecule has 70 valence electrons. The van der Waals surface area contributed by atoms with E-state index >= 15 is 0 Å². The quantitative estimate of drug-likeness (QED) is 0.266. The third-order valence-electron chi connectivity index (χ3n) is 1.58. The van der Waals surface area contributed by atoms with Crippen LogP contribution in [0.3, 0.4) is 0 Å². The molecule has 0 saturated heterocycles. The first kappa shape index (κ1) is 11.4. The van der Waals surface area contributed by atoms with Gasteiger partial charge >= 0.3 is 0 Å². The highest BCUT2D eigenvalue weighted by Gasteiger charge is 2.02. The molecular weight excluding hydrogens is 152 g/mol. The van der Waals surface area contributed by atoms with Crippen LogP contribution in [0.15, 0.2) is 0 Å². The van der Waals surface area contributed by atoms with Gasteiger partial charge in [0.25, 0.3) is 0 Å². The van der Waals surface area contributed by atoms with Crippen molar-refractivity contribution in [3.63, 3.8) is 0 Å². The maximum absolute atomic E-state index is 5.32. The van der Waals surface area contributed by atoms with Crippen LogP contribution in [-0.4, -0.2) is 19.3 Å². The van der Waals surface area contributed by atoms with Crippen molar-refractivity contribution < 1.29 is 4.74 Å². The standard InChI is InChI=1S/C9H18N2O/c1-3-5-6-9(11-10)7-8-12-4-2/h9,11H,4,6-8,10H2,1-2H3. The average Bonchev–Trinajstić information content (AvgIpc) is 2.11. The Balaban J connectivity index is 3.43. The fraction of sp³-hybridized carbons (Fsp3) is 0.778. The van der Waals surface area contributed by atoms with Gasteiger partial charge in [0.1, 0.15) is 0 Å². The van der Waals surface area contributed by atoms with Gasteiger partial charge < -0.3 is 4.74 Å². The van der Waals surface area contributed by atoms with Crippen molar-refractivity contribution in [3.8, 4) is 11.8 Å². The topological polar surface area (TPSA) is 47.3 Å². The number of nitrogens with two attached hydrogens (primary N) is 1. The molecule has 0 aromatic rings. The SMILES string of the molecule is CC#CCC(CCOCC)NN. The number of hydrogen-bond acceptors (Lipinski definition) is 3. The van der Waals surface area contributed by atoms with Crippen molar-refractivity contribution in [3.05, 3.63) is 0 Å². The van der Waals surface area contributed by atoms with Crippen molar-refractivity contribution in [2.24, 2.45) is 5.84 Å². The van der Waals surface area contributed by atoms with Crippen LogP contribution in [-0.2, 0) is 4.74 Å². The Bertz CT molecular complexity index is 148. The Kier molecular flexibility index (Phi) is 8.14. The first-order valence-corrected chi connectivity index (χ1v) is 4.28. The molecule has 0 aromatic heterocycles. The zero-order valence-electron chi connectivity index (χ0n) is 7.89. The first-order chi connectivity index (χ1) is 5.85. The summed E-state index contributed by atoms with van der Waals surface area (Å²) in [6.07, 6.45) is 1.71. The number of nitrogens with one attached hydrogen (secondary N) is 1. The molecule has 0 rings (SSSR count). The molecule has 3 nitrogen and oxygen atoms in total. The lowest BCUT2D eigenvalue weighted by molar-refractivity contribution is 0.136. The van der Waals surface area contributed by atoms with Crippen LogP contribution >= 0.6 is 0 Å². The lowest BCUT2D eigenvalue weighted by Crippen LogP contribution is -2.35. The van der Waals surface area contributed by atoms with Crippen molar-refractivity contribution in [1.82, 2.24) is 5.43 Å². The van der Waals surface area contributed by atoms with Crippen LogP contribution in [0.5, 0.6) is 0 Å².